The van der Waals surface area contributed by atoms with Crippen molar-refractivity contribution >= 4 is 5.97 Å². The Labute approximate surface area is 161 Å². The van der Waals surface area contributed by atoms with E-state index in [4.69, 9.17) is 15.3 Å². The second-order valence-electron chi connectivity index (χ2n) is 5.65. The molecule has 24 heavy (non-hydrogen) atoms. The van der Waals surface area contributed by atoms with E-state index < -0.39 is 5.97 Å². The zero-order chi connectivity index (χ0) is 17.8. The normalized spacial score (nSPS) is 17.0. The van der Waals surface area contributed by atoms with Crippen LogP contribution < -0.4 is 10.2 Å². The quantitative estimate of drug-likeness (QED) is 0.437. The van der Waals surface area contributed by atoms with E-state index in [1.807, 2.05) is 0 Å². The summed E-state index contributed by atoms with van der Waals surface area (Å²) in [5, 5.41) is 24.4. The fourth-order valence-corrected chi connectivity index (χ4v) is 3.12. The maximum atomic E-state index is 9.60. The van der Waals surface area contributed by atoms with Gasteiger partial charge in [-0.3, -0.25) is 0 Å². The van der Waals surface area contributed by atoms with E-state index in [9.17, 15) is 4.79 Å². The third kappa shape index (κ3) is 7.84. The average molecular weight is 369 g/mol. The molecule has 0 aromatic carbocycles. The fraction of sp³-hybridized carbons (Fsp3) is 0.579. The molecule has 4 nitrogen and oxygen atoms in total. The molecule has 1 radical (unpaired) electrons. The van der Waals surface area contributed by atoms with Gasteiger partial charge < -0.3 is 15.3 Å². The SMILES string of the molecule is C=C(C)C(=O)O.C[O-].C[O-].[CH-]1CCCC2=C1CC1=C2CCCC1.[Ti+3]. The van der Waals surface area contributed by atoms with Crippen molar-refractivity contribution in [2.45, 2.75) is 58.3 Å². The van der Waals surface area contributed by atoms with Crippen molar-refractivity contribution in [1.29, 1.82) is 0 Å². The molecule has 0 spiro atoms. The van der Waals surface area contributed by atoms with Crippen LogP contribution in [0.15, 0.2) is 34.4 Å². The third-order valence-electron chi connectivity index (χ3n) is 4.12. The van der Waals surface area contributed by atoms with Crippen molar-refractivity contribution in [2.24, 2.45) is 0 Å². The van der Waals surface area contributed by atoms with E-state index in [0.29, 0.717) is 0 Å². The second kappa shape index (κ2) is 14.5. The van der Waals surface area contributed by atoms with Crippen molar-refractivity contribution < 1.29 is 41.8 Å². The van der Waals surface area contributed by atoms with E-state index in [1.54, 1.807) is 22.3 Å². The number of rotatable bonds is 1. The predicted molar refractivity (Wildman–Crippen MR) is 89.6 cm³/mol. The van der Waals surface area contributed by atoms with Gasteiger partial charge in [0.15, 0.2) is 0 Å². The molecule has 3 rings (SSSR count). The Kier molecular flexibility index (Phi) is 15.4. The van der Waals surface area contributed by atoms with Crippen molar-refractivity contribution in [3.8, 4) is 0 Å². The van der Waals surface area contributed by atoms with Gasteiger partial charge in [0, 0.05) is 5.57 Å². The number of aliphatic carboxylic acids is 1. The molecule has 0 amide bonds. The first-order valence-electron chi connectivity index (χ1n) is 8.06. The van der Waals surface area contributed by atoms with Crippen LogP contribution in [0.4, 0.5) is 0 Å². The van der Waals surface area contributed by atoms with E-state index in [-0.39, 0.29) is 27.3 Å². The molecule has 0 saturated heterocycles. The van der Waals surface area contributed by atoms with Crippen LogP contribution in [-0.4, -0.2) is 25.3 Å². The molecule has 0 aromatic heterocycles. The largest absolute Gasteiger partial charge is 3.00 e. The van der Waals surface area contributed by atoms with Crippen LogP contribution in [0, 0.1) is 6.42 Å². The minimum atomic E-state index is -0.935. The second-order valence-corrected chi connectivity index (χ2v) is 5.65. The van der Waals surface area contributed by atoms with Gasteiger partial charge in [-0.15, -0.1) is 12.0 Å². The maximum absolute atomic E-state index is 9.60. The molecule has 0 aromatic rings. The Morgan fingerprint density at radius 3 is 2.08 bits per heavy atom. The molecular formula is C19H29O4Ti. The topological polar surface area (TPSA) is 83.4 Å². The molecule has 0 fully saturated rings. The molecule has 0 bridgehead atoms. The minimum Gasteiger partial charge on any atom is -0.857 e. The number of hydrogen-bond acceptors (Lipinski definition) is 3. The molecular weight excluding hydrogens is 340 g/mol. The molecule has 0 atom stereocenters. The van der Waals surface area contributed by atoms with Crippen LogP contribution in [0.2, 0.25) is 0 Å². The summed E-state index contributed by atoms with van der Waals surface area (Å²) in [7, 11) is 1.50. The van der Waals surface area contributed by atoms with Gasteiger partial charge in [-0.1, -0.05) is 31.4 Å². The summed E-state index contributed by atoms with van der Waals surface area (Å²) in [6, 6.07) is 0. The molecule has 0 aliphatic heterocycles. The van der Waals surface area contributed by atoms with Crippen molar-refractivity contribution in [3.05, 3.63) is 40.9 Å². The molecule has 3 aliphatic rings. The minimum absolute atomic E-state index is 0. The first kappa shape index (κ1) is 25.4. The molecule has 133 valence electrons. The first-order valence-corrected chi connectivity index (χ1v) is 8.06. The summed E-state index contributed by atoms with van der Waals surface area (Å²) in [5.41, 5.74) is 7.24. The monoisotopic (exact) mass is 369 g/mol. The number of carboxylic acid groups (broad SMARTS) is 1. The Morgan fingerprint density at radius 2 is 1.54 bits per heavy atom. The Hall–Kier alpha value is -0.806. The van der Waals surface area contributed by atoms with Crippen molar-refractivity contribution in [1.82, 2.24) is 0 Å². The molecule has 1 N–H and O–H groups in total. The summed E-state index contributed by atoms with van der Waals surface area (Å²) in [4.78, 5) is 9.60. The third-order valence-corrected chi connectivity index (χ3v) is 4.12. The van der Waals surface area contributed by atoms with Crippen LogP contribution in [-0.2, 0) is 26.5 Å². The molecule has 0 heterocycles. The standard InChI is InChI=1S/C13H17.C4H6O2.2CH3O.Ti/c1-3-7-12-10(5-1)9-11-6-2-4-8-13(11)12;1-3(2)4(5)6;2*1-2;/h5H,1-4,6-9H2;1H2,2H3,(H,5,6);2*1H3;/q-1;;2*-1;+3. The van der Waals surface area contributed by atoms with E-state index in [1.165, 1.54) is 58.3 Å². The van der Waals surface area contributed by atoms with Gasteiger partial charge in [-0.25, -0.2) is 16.8 Å². The number of allylic oxidation sites excluding steroid dienone is 4. The first-order chi connectivity index (χ1) is 11.1. The van der Waals surface area contributed by atoms with Gasteiger partial charge in [-0.2, -0.15) is 19.8 Å². The van der Waals surface area contributed by atoms with Gasteiger partial charge >= 0.3 is 27.7 Å². The van der Waals surface area contributed by atoms with Gasteiger partial charge in [0.05, 0.1) is 0 Å². The van der Waals surface area contributed by atoms with Crippen LogP contribution in [0.25, 0.3) is 0 Å². The van der Waals surface area contributed by atoms with Gasteiger partial charge in [-0.05, 0) is 32.6 Å². The van der Waals surface area contributed by atoms with E-state index >= 15 is 0 Å². The van der Waals surface area contributed by atoms with Crippen LogP contribution in [0.3, 0.4) is 0 Å². The number of carbonyl (C=O) groups is 1. The van der Waals surface area contributed by atoms with Crippen molar-refractivity contribution in [2.75, 3.05) is 14.2 Å². The average Bonchev–Trinajstić information content (AvgIpc) is 2.97. The Balaban J connectivity index is 0. The van der Waals surface area contributed by atoms with Gasteiger partial charge in [0.25, 0.3) is 0 Å². The molecule has 3 aliphatic carbocycles. The molecule has 0 unspecified atom stereocenters. The predicted octanol–water partition coefficient (Wildman–Crippen LogP) is 2.54. The van der Waals surface area contributed by atoms with E-state index in [2.05, 4.69) is 13.0 Å². The Morgan fingerprint density at radius 1 is 1.04 bits per heavy atom. The number of hydrogen-bond donors (Lipinski definition) is 1. The summed E-state index contributed by atoms with van der Waals surface area (Å²) in [6.07, 6.45) is 13.6. The summed E-state index contributed by atoms with van der Waals surface area (Å²) in [6.45, 7) is 4.60. The zero-order valence-electron chi connectivity index (χ0n) is 15.1. The molecule has 5 heteroatoms. The van der Waals surface area contributed by atoms with Crippen LogP contribution in [0.5, 0.6) is 0 Å². The summed E-state index contributed by atoms with van der Waals surface area (Å²) < 4.78 is 0. The van der Waals surface area contributed by atoms with Gasteiger partial charge in [0.2, 0.25) is 0 Å². The fourth-order valence-electron chi connectivity index (χ4n) is 3.12. The maximum Gasteiger partial charge on any atom is 3.00 e. The Bertz CT molecular complexity index is 422. The smallest absolute Gasteiger partial charge is 0.857 e. The van der Waals surface area contributed by atoms with Crippen molar-refractivity contribution in [3.63, 3.8) is 0 Å². The zero-order valence-corrected chi connectivity index (χ0v) is 16.7. The molecule has 0 saturated carbocycles. The van der Waals surface area contributed by atoms with E-state index in [0.717, 1.165) is 14.2 Å². The summed E-state index contributed by atoms with van der Waals surface area (Å²) in [5.74, 6) is -0.935. The van der Waals surface area contributed by atoms with Crippen LogP contribution >= 0.6 is 0 Å². The number of fused-ring (bicyclic) bond motifs is 1. The number of carboxylic acids is 1. The van der Waals surface area contributed by atoms with Gasteiger partial charge in [0.1, 0.15) is 0 Å². The van der Waals surface area contributed by atoms with Crippen LogP contribution in [0.1, 0.15) is 58.3 Å². The summed E-state index contributed by atoms with van der Waals surface area (Å²) >= 11 is 0.